The molecule has 0 saturated carbocycles. The summed E-state index contributed by atoms with van der Waals surface area (Å²) in [6, 6.07) is 31.3. The van der Waals surface area contributed by atoms with Crippen molar-refractivity contribution in [2.45, 2.75) is 5.85 Å². The lowest BCUT2D eigenvalue weighted by molar-refractivity contribution is 0.232. The van der Waals surface area contributed by atoms with Crippen LogP contribution in [0.25, 0.3) is 6.08 Å². The lowest BCUT2D eigenvalue weighted by atomic mass is 10.2. The van der Waals surface area contributed by atoms with Crippen molar-refractivity contribution in [3.05, 3.63) is 127 Å². The van der Waals surface area contributed by atoms with Crippen LogP contribution in [0, 0.1) is 5.92 Å². The Labute approximate surface area is 167 Å². The Hall–Kier alpha value is -2.73. The fourth-order valence-corrected chi connectivity index (χ4v) is 7.66. The van der Waals surface area contributed by atoms with Crippen LogP contribution in [-0.2, 0) is 0 Å². The van der Waals surface area contributed by atoms with Gasteiger partial charge in [-0.25, -0.2) is 0 Å². The van der Waals surface area contributed by atoms with Gasteiger partial charge in [0.1, 0.15) is 17.9 Å². The highest BCUT2D eigenvalue weighted by molar-refractivity contribution is 7.92. The quantitative estimate of drug-likeness (QED) is 0.566. The molecule has 1 N–H and O–H groups in total. The number of rotatable bonds is 6. The number of hydrogen-bond acceptors (Lipinski definition) is 1. The Balaban J connectivity index is 1.92. The van der Waals surface area contributed by atoms with E-state index in [0.29, 0.717) is 0 Å². The van der Waals surface area contributed by atoms with Gasteiger partial charge in [-0.2, -0.15) is 0 Å². The van der Waals surface area contributed by atoms with Gasteiger partial charge in [0.25, 0.3) is 0 Å². The molecule has 0 heterocycles. The molecule has 0 fully saturated rings. The summed E-state index contributed by atoms with van der Waals surface area (Å²) in [6.45, 7) is 0. The molecule has 0 aromatic heterocycles. The Bertz CT molecular complexity index is 923. The van der Waals surface area contributed by atoms with Gasteiger partial charge in [0.2, 0.25) is 0 Å². The standard InChI is InChI=1S/C26H24OP/c27-26(23-14-10-11-15-23)28(24-16-6-2-7-17-24,25-18-8-3-9-19-25)21-20-22-12-4-1-5-13-22/h1-21,23,26-27H/q+1/b21-20+. The molecule has 1 aliphatic carbocycles. The largest absolute Gasteiger partial charge is 0.357 e. The summed E-state index contributed by atoms with van der Waals surface area (Å²) in [6.07, 6.45) is 10.4. The minimum atomic E-state index is -2.23. The molecule has 138 valence electrons. The van der Waals surface area contributed by atoms with Gasteiger partial charge in [0, 0.05) is 0 Å². The molecule has 28 heavy (non-hydrogen) atoms. The number of aliphatic hydroxyl groups excluding tert-OH is 1. The van der Waals surface area contributed by atoms with E-state index in [0.717, 1.165) is 5.56 Å². The first-order chi connectivity index (χ1) is 13.8. The second kappa shape index (κ2) is 8.52. The third-order valence-corrected chi connectivity index (χ3v) is 9.31. The maximum atomic E-state index is 11.7. The number of aliphatic hydroxyl groups is 1. The van der Waals surface area contributed by atoms with Crippen LogP contribution in [0.3, 0.4) is 0 Å². The summed E-state index contributed by atoms with van der Waals surface area (Å²) in [5.41, 5.74) is 1.14. The SMILES string of the molecule is OC(C1C=CC=C1)[P+](/C=C/c1ccccc1)(c1ccccc1)c1ccccc1. The van der Waals surface area contributed by atoms with Gasteiger partial charge in [-0.05, 0) is 35.9 Å². The molecule has 0 saturated heterocycles. The van der Waals surface area contributed by atoms with E-state index in [2.05, 4.69) is 84.7 Å². The normalized spacial score (nSPS) is 15.3. The third kappa shape index (κ3) is 3.64. The molecule has 1 unspecified atom stereocenters. The Kier molecular flexibility index (Phi) is 5.67. The fourth-order valence-electron chi connectivity index (χ4n) is 3.75. The van der Waals surface area contributed by atoms with Crippen molar-refractivity contribution in [3.8, 4) is 0 Å². The summed E-state index contributed by atoms with van der Waals surface area (Å²) in [7, 11) is -2.23. The first-order valence-corrected chi connectivity index (χ1v) is 11.5. The van der Waals surface area contributed by atoms with Crippen molar-refractivity contribution in [3.63, 3.8) is 0 Å². The Morgan fingerprint density at radius 1 is 0.679 bits per heavy atom. The summed E-state index contributed by atoms with van der Waals surface area (Å²) in [5, 5.41) is 14.1. The van der Waals surface area contributed by atoms with Crippen LogP contribution in [0.4, 0.5) is 0 Å². The third-order valence-electron chi connectivity index (χ3n) is 5.21. The van der Waals surface area contributed by atoms with Crippen molar-refractivity contribution in [2.24, 2.45) is 5.92 Å². The van der Waals surface area contributed by atoms with Crippen LogP contribution in [0.2, 0.25) is 0 Å². The summed E-state index contributed by atoms with van der Waals surface area (Å²) >= 11 is 0. The van der Waals surface area contributed by atoms with Crippen molar-refractivity contribution >= 4 is 23.9 Å². The van der Waals surface area contributed by atoms with Crippen molar-refractivity contribution in [1.29, 1.82) is 0 Å². The monoisotopic (exact) mass is 383 g/mol. The highest BCUT2D eigenvalue weighted by Crippen LogP contribution is 2.64. The lowest BCUT2D eigenvalue weighted by Crippen LogP contribution is -2.33. The second-order valence-corrected chi connectivity index (χ2v) is 10.4. The first-order valence-electron chi connectivity index (χ1n) is 9.58. The molecular weight excluding hydrogens is 359 g/mol. The zero-order valence-corrected chi connectivity index (χ0v) is 16.6. The maximum absolute atomic E-state index is 11.7. The van der Waals surface area contributed by atoms with Crippen molar-refractivity contribution in [2.75, 3.05) is 0 Å². The average molecular weight is 383 g/mol. The molecule has 0 bridgehead atoms. The van der Waals surface area contributed by atoms with Gasteiger partial charge in [-0.3, -0.25) is 0 Å². The van der Waals surface area contributed by atoms with Gasteiger partial charge in [0.15, 0.2) is 5.85 Å². The smallest absolute Gasteiger partial charge is 0.187 e. The zero-order valence-electron chi connectivity index (χ0n) is 15.7. The van der Waals surface area contributed by atoms with Crippen LogP contribution >= 0.6 is 7.26 Å². The topological polar surface area (TPSA) is 20.2 Å². The van der Waals surface area contributed by atoms with E-state index < -0.39 is 13.1 Å². The molecule has 2 heteroatoms. The highest BCUT2D eigenvalue weighted by atomic mass is 31.2. The number of benzene rings is 3. The second-order valence-electron chi connectivity index (χ2n) is 6.94. The van der Waals surface area contributed by atoms with Gasteiger partial charge in [0.05, 0.1) is 11.7 Å². The molecule has 3 aromatic carbocycles. The Morgan fingerprint density at radius 2 is 1.14 bits per heavy atom. The van der Waals surface area contributed by atoms with E-state index in [9.17, 15) is 5.11 Å². The van der Waals surface area contributed by atoms with Gasteiger partial charge >= 0.3 is 0 Å². The summed E-state index contributed by atoms with van der Waals surface area (Å²) in [5.74, 6) is 1.76. The van der Waals surface area contributed by atoms with E-state index >= 15 is 0 Å². The molecule has 1 atom stereocenters. The minimum Gasteiger partial charge on any atom is -0.357 e. The van der Waals surface area contributed by atoms with Crippen LogP contribution in [0.5, 0.6) is 0 Å². The molecule has 0 amide bonds. The van der Waals surface area contributed by atoms with Gasteiger partial charge < -0.3 is 5.11 Å². The maximum Gasteiger partial charge on any atom is 0.187 e. The molecule has 0 spiro atoms. The van der Waals surface area contributed by atoms with Crippen LogP contribution in [0.15, 0.2) is 121 Å². The van der Waals surface area contributed by atoms with Crippen molar-refractivity contribution in [1.82, 2.24) is 0 Å². The van der Waals surface area contributed by atoms with Gasteiger partial charge in [-0.1, -0.05) is 91.0 Å². The minimum absolute atomic E-state index is 0.00849. The van der Waals surface area contributed by atoms with Crippen LogP contribution in [-0.4, -0.2) is 11.0 Å². The fraction of sp³-hybridized carbons (Fsp3) is 0.0769. The highest BCUT2D eigenvalue weighted by Gasteiger charge is 2.50. The van der Waals surface area contributed by atoms with E-state index in [1.807, 2.05) is 42.5 Å². The number of allylic oxidation sites excluding steroid dienone is 2. The Morgan fingerprint density at radius 3 is 1.64 bits per heavy atom. The summed E-state index contributed by atoms with van der Waals surface area (Å²) < 4.78 is 0. The summed E-state index contributed by atoms with van der Waals surface area (Å²) in [4.78, 5) is 0. The van der Waals surface area contributed by atoms with E-state index in [-0.39, 0.29) is 5.92 Å². The number of hydrogen-bond donors (Lipinski definition) is 1. The van der Waals surface area contributed by atoms with Crippen LogP contribution in [0.1, 0.15) is 5.56 Å². The molecule has 0 radical (unpaired) electrons. The van der Waals surface area contributed by atoms with E-state index in [1.54, 1.807) is 0 Å². The predicted molar refractivity (Wildman–Crippen MR) is 122 cm³/mol. The van der Waals surface area contributed by atoms with E-state index in [1.165, 1.54) is 10.6 Å². The first kappa shape index (κ1) is 18.6. The molecule has 1 nitrogen and oxygen atoms in total. The van der Waals surface area contributed by atoms with Gasteiger partial charge in [-0.15, -0.1) is 0 Å². The zero-order chi connectivity index (χ0) is 19.2. The van der Waals surface area contributed by atoms with Crippen LogP contribution < -0.4 is 10.6 Å². The van der Waals surface area contributed by atoms with Crippen molar-refractivity contribution < 1.29 is 5.11 Å². The molecule has 0 aliphatic heterocycles. The molecule has 3 aromatic rings. The predicted octanol–water partition coefficient (Wildman–Crippen LogP) is 5.39. The average Bonchev–Trinajstić information content (AvgIpc) is 3.31. The molecule has 1 aliphatic rings. The lowest BCUT2D eigenvalue weighted by Gasteiger charge is -2.31. The van der Waals surface area contributed by atoms with E-state index in [4.69, 9.17) is 0 Å². The molecule has 4 rings (SSSR count). The molecular formula is C26H24OP+.